The van der Waals surface area contributed by atoms with E-state index in [0.717, 1.165) is 10.3 Å². The van der Waals surface area contributed by atoms with E-state index in [0.29, 0.717) is 24.2 Å². The third kappa shape index (κ3) is 2.21. The summed E-state index contributed by atoms with van der Waals surface area (Å²) in [5.74, 6) is -4.22. The number of rotatable bonds is 2. The number of aromatic nitrogens is 1. The van der Waals surface area contributed by atoms with Crippen LogP contribution in [0.4, 0.5) is 17.6 Å². The molecule has 3 rings (SSSR count). The van der Waals surface area contributed by atoms with Crippen LogP contribution in [0.25, 0.3) is 0 Å². The lowest BCUT2D eigenvalue weighted by Gasteiger charge is -2.36. The highest BCUT2D eigenvalue weighted by atomic mass is 32.1. The van der Waals surface area contributed by atoms with Gasteiger partial charge in [0.05, 0.1) is 12.1 Å². The van der Waals surface area contributed by atoms with Crippen LogP contribution in [-0.4, -0.2) is 45.0 Å². The van der Waals surface area contributed by atoms with Gasteiger partial charge in [-0.15, -0.1) is 11.3 Å². The molecule has 1 aliphatic heterocycles. The zero-order valence-electron chi connectivity index (χ0n) is 11.4. The van der Waals surface area contributed by atoms with Crippen LogP contribution in [0.1, 0.15) is 47.6 Å². The third-order valence-corrected chi connectivity index (χ3v) is 5.31. The average Bonchev–Trinajstić information content (AvgIpc) is 3.15. The molecule has 0 aromatic carbocycles. The van der Waals surface area contributed by atoms with Gasteiger partial charge >= 0.3 is 0 Å². The Bertz CT molecular complexity index is 586. The van der Waals surface area contributed by atoms with E-state index < -0.39 is 41.5 Å². The molecule has 1 aromatic heterocycles. The molecule has 2 fully saturated rings. The minimum absolute atomic E-state index is 0.267. The fraction of sp³-hybridized carbons (Fsp3) is 0.692. The fourth-order valence-corrected chi connectivity index (χ4v) is 4.06. The van der Waals surface area contributed by atoms with Gasteiger partial charge in [-0.1, -0.05) is 12.8 Å². The van der Waals surface area contributed by atoms with Crippen LogP contribution in [-0.2, 0) is 0 Å². The van der Waals surface area contributed by atoms with Gasteiger partial charge < -0.3 is 10.0 Å². The molecule has 22 heavy (non-hydrogen) atoms. The zero-order valence-corrected chi connectivity index (χ0v) is 12.3. The number of nitrogens with zero attached hydrogens (tertiary/aromatic N) is 2. The standard InChI is InChI=1S/C13H14F4N2O2S/c14-8(15)9-18-7(5-22-9)10(20)19-6-13(16,17)11(21)12(19)3-1-2-4-12/h5,8,11,21H,1-4,6H2. The molecule has 0 radical (unpaired) electrons. The van der Waals surface area contributed by atoms with Crippen molar-refractivity contribution in [1.29, 1.82) is 0 Å². The largest absolute Gasteiger partial charge is 0.384 e. The smallest absolute Gasteiger partial charge is 0.292 e. The molecule has 1 aliphatic carbocycles. The van der Waals surface area contributed by atoms with Crippen molar-refractivity contribution in [2.24, 2.45) is 0 Å². The molecule has 122 valence electrons. The molecule has 1 amide bonds. The fourth-order valence-electron chi connectivity index (χ4n) is 3.42. The Morgan fingerprint density at radius 2 is 2.05 bits per heavy atom. The highest BCUT2D eigenvalue weighted by Gasteiger charge is 2.64. The number of alkyl halides is 4. The maximum atomic E-state index is 13.9. The summed E-state index contributed by atoms with van der Waals surface area (Å²) in [6.45, 7) is -0.908. The molecular weight excluding hydrogens is 324 g/mol. The molecule has 9 heteroatoms. The summed E-state index contributed by atoms with van der Waals surface area (Å²) in [5.41, 5.74) is -1.58. The Morgan fingerprint density at radius 3 is 2.59 bits per heavy atom. The maximum absolute atomic E-state index is 13.9. The Hall–Kier alpha value is -1.22. The second-order valence-corrected chi connectivity index (χ2v) is 6.63. The number of amides is 1. The van der Waals surface area contributed by atoms with E-state index in [1.54, 1.807) is 0 Å². The zero-order chi connectivity index (χ0) is 16.1. The van der Waals surface area contributed by atoms with Crippen LogP contribution >= 0.6 is 11.3 Å². The first-order valence-electron chi connectivity index (χ1n) is 6.89. The highest BCUT2D eigenvalue weighted by molar-refractivity contribution is 7.09. The number of hydrogen-bond acceptors (Lipinski definition) is 4. The molecule has 1 atom stereocenters. The number of hydrogen-bond donors (Lipinski definition) is 1. The third-order valence-electron chi connectivity index (χ3n) is 4.46. The number of aliphatic hydroxyl groups is 1. The van der Waals surface area contributed by atoms with Crippen molar-refractivity contribution in [3.63, 3.8) is 0 Å². The van der Waals surface area contributed by atoms with E-state index >= 15 is 0 Å². The van der Waals surface area contributed by atoms with E-state index in [4.69, 9.17) is 0 Å². The van der Waals surface area contributed by atoms with Crippen LogP contribution in [0.2, 0.25) is 0 Å². The Kier molecular flexibility index (Phi) is 3.67. The normalized spacial score (nSPS) is 26.3. The number of carbonyl (C=O) groups is 1. The van der Waals surface area contributed by atoms with Crippen LogP contribution in [0, 0.1) is 0 Å². The van der Waals surface area contributed by atoms with Crippen molar-refractivity contribution in [1.82, 2.24) is 9.88 Å². The maximum Gasteiger partial charge on any atom is 0.292 e. The van der Waals surface area contributed by atoms with Crippen molar-refractivity contribution in [2.75, 3.05) is 6.54 Å². The lowest BCUT2D eigenvalue weighted by Crippen LogP contribution is -2.52. The Labute approximate surface area is 127 Å². The van der Waals surface area contributed by atoms with Gasteiger partial charge in [0, 0.05) is 5.38 Å². The second kappa shape index (κ2) is 5.16. The Balaban J connectivity index is 1.93. The summed E-state index contributed by atoms with van der Waals surface area (Å²) in [6, 6.07) is 0. The minimum atomic E-state index is -3.40. The predicted octanol–water partition coefficient (Wildman–Crippen LogP) is 2.85. The molecule has 1 saturated carbocycles. The quantitative estimate of drug-likeness (QED) is 0.844. The van der Waals surface area contributed by atoms with Crippen LogP contribution < -0.4 is 0 Å². The van der Waals surface area contributed by atoms with Gasteiger partial charge in [-0.05, 0) is 12.8 Å². The molecule has 1 saturated heterocycles. The summed E-state index contributed by atoms with van der Waals surface area (Å²) in [7, 11) is 0. The summed E-state index contributed by atoms with van der Waals surface area (Å²) < 4.78 is 53.0. The lowest BCUT2D eigenvalue weighted by molar-refractivity contribution is -0.0959. The summed E-state index contributed by atoms with van der Waals surface area (Å²) in [5, 5.41) is 10.6. The number of thiazole rings is 1. The average molecular weight is 338 g/mol. The highest BCUT2D eigenvalue weighted by Crippen LogP contribution is 2.49. The monoisotopic (exact) mass is 338 g/mol. The van der Waals surface area contributed by atoms with Crippen molar-refractivity contribution in [3.05, 3.63) is 16.1 Å². The van der Waals surface area contributed by atoms with Crippen molar-refractivity contribution >= 4 is 17.2 Å². The van der Waals surface area contributed by atoms with Crippen molar-refractivity contribution in [2.45, 2.75) is 49.7 Å². The van der Waals surface area contributed by atoms with E-state index in [1.165, 1.54) is 0 Å². The van der Waals surface area contributed by atoms with E-state index in [-0.39, 0.29) is 18.5 Å². The first kappa shape index (κ1) is 15.7. The molecule has 1 unspecified atom stereocenters. The van der Waals surface area contributed by atoms with Crippen LogP contribution in [0.15, 0.2) is 5.38 Å². The van der Waals surface area contributed by atoms with Crippen molar-refractivity contribution in [3.8, 4) is 0 Å². The number of carbonyl (C=O) groups excluding carboxylic acids is 1. The van der Waals surface area contributed by atoms with E-state index in [1.807, 2.05) is 0 Å². The van der Waals surface area contributed by atoms with Crippen molar-refractivity contribution < 1.29 is 27.5 Å². The molecular formula is C13H14F4N2O2S. The molecule has 1 aromatic rings. The molecule has 1 spiro atoms. The number of likely N-dealkylation sites (tertiary alicyclic amines) is 1. The Morgan fingerprint density at radius 1 is 1.41 bits per heavy atom. The van der Waals surface area contributed by atoms with E-state index in [2.05, 4.69) is 4.98 Å². The van der Waals surface area contributed by atoms with E-state index in [9.17, 15) is 27.5 Å². The van der Waals surface area contributed by atoms with Gasteiger partial charge in [0.15, 0.2) is 5.01 Å². The molecule has 2 heterocycles. The van der Waals surface area contributed by atoms with Crippen LogP contribution in [0.3, 0.4) is 0 Å². The number of aliphatic hydroxyl groups excluding tert-OH is 1. The molecule has 0 bridgehead atoms. The van der Waals surface area contributed by atoms with Gasteiger partial charge in [-0.25, -0.2) is 22.5 Å². The van der Waals surface area contributed by atoms with Gasteiger partial charge in [-0.3, -0.25) is 4.79 Å². The molecule has 4 nitrogen and oxygen atoms in total. The first-order valence-corrected chi connectivity index (χ1v) is 7.77. The lowest BCUT2D eigenvalue weighted by atomic mass is 9.90. The minimum Gasteiger partial charge on any atom is -0.384 e. The van der Waals surface area contributed by atoms with Gasteiger partial charge in [0.1, 0.15) is 11.8 Å². The second-order valence-electron chi connectivity index (χ2n) is 5.74. The topological polar surface area (TPSA) is 53.4 Å². The van der Waals surface area contributed by atoms with Crippen LogP contribution in [0.5, 0.6) is 0 Å². The van der Waals surface area contributed by atoms with Gasteiger partial charge in [0.25, 0.3) is 18.3 Å². The number of halogens is 4. The molecule has 1 N–H and O–H groups in total. The molecule has 2 aliphatic rings. The summed E-state index contributed by atoms with van der Waals surface area (Å²) >= 11 is 0.618. The predicted molar refractivity (Wildman–Crippen MR) is 70.3 cm³/mol. The SMILES string of the molecule is O=C(c1csc(C(F)F)n1)N1CC(F)(F)C(O)C12CCCC2. The first-order chi connectivity index (χ1) is 10.3. The summed E-state index contributed by atoms with van der Waals surface area (Å²) in [6.07, 6.45) is -2.91. The van der Waals surface area contributed by atoms with Gasteiger partial charge in [-0.2, -0.15) is 0 Å². The summed E-state index contributed by atoms with van der Waals surface area (Å²) in [4.78, 5) is 16.9. The van der Waals surface area contributed by atoms with Gasteiger partial charge in [0.2, 0.25) is 0 Å².